The van der Waals surface area contributed by atoms with E-state index in [0.29, 0.717) is 41.3 Å². The predicted molar refractivity (Wildman–Crippen MR) is 94.4 cm³/mol. The lowest BCUT2D eigenvalue weighted by molar-refractivity contribution is 0.0699. The number of ether oxygens (including phenoxy) is 2. The molecule has 0 saturated carbocycles. The molecule has 0 atom stereocenters. The summed E-state index contributed by atoms with van der Waals surface area (Å²) in [6, 6.07) is 8.87. The first-order valence-electron chi connectivity index (χ1n) is 7.65. The molecular weight excluding hydrogens is 326 g/mol. The Morgan fingerprint density at radius 2 is 1.88 bits per heavy atom. The first kappa shape index (κ1) is 16.3. The molecule has 2 aromatic heterocycles. The number of fused-ring (bicyclic) bond motifs is 1. The van der Waals surface area contributed by atoms with Crippen molar-refractivity contribution in [2.45, 2.75) is 13.8 Å². The van der Waals surface area contributed by atoms with Gasteiger partial charge in [0.05, 0.1) is 34.9 Å². The van der Waals surface area contributed by atoms with Gasteiger partial charge in [0.15, 0.2) is 11.5 Å². The minimum absolute atomic E-state index is 0.201. The number of pyridine rings is 1. The molecule has 2 heterocycles. The Kier molecular flexibility index (Phi) is 4.66. The largest absolute Gasteiger partial charge is 0.490 e. The summed E-state index contributed by atoms with van der Waals surface area (Å²) in [5, 5.41) is 12.1. The fourth-order valence-electron chi connectivity index (χ4n) is 2.50. The van der Waals surface area contributed by atoms with Gasteiger partial charge in [0.25, 0.3) is 0 Å². The molecule has 0 unspecified atom stereocenters. The molecule has 0 saturated heterocycles. The summed E-state index contributed by atoms with van der Waals surface area (Å²) in [4.78, 5) is 17.3. The molecule has 1 aromatic carbocycles. The van der Waals surface area contributed by atoms with Gasteiger partial charge in [0, 0.05) is 11.5 Å². The van der Waals surface area contributed by atoms with E-state index in [1.54, 1.807) is 18.2 Å². The molecule has 0 aliphatic rings. The highest BCUT2D eigenvalue weighted by Crippen LogP contribution is 2.35. The maximum absolute atomic E-state index is 11.7. The quantitative estimate of drug-likeness (QED) is 0.716. The molecule has 0 fully saturated rings. The second-order valence-corrected chi connectivity index (χ2v) is 5.97. The SMILES string of the molecule is CCOc1cc2nc(-c3cccs3)cc(C(=O)O)c2cc1OCC. The summed E-state index contributed by atoms with van der Waals surface area (Å²) < 4.78 is 11.2. The number of rotatable bonds is 6. The number of hydrogen-bond acceptors (Lipinski definition) is 5. The highest BCUT2D eigenvalue weighted by atomic mass is 32.1. The first-order chi connectivity index (χ1) is 11.6. The zero-order chi connectivity index (χ0) is 17.1. The fourth-order valence-corrected chi connectivity index (χ4v) is 3.18. The van der Waals surface area contributed by atoms with Crippen LogP contribution in [0.15, 0.2) is 35.7 Å². The van der Waals surface area contributed by atoms with Gasteiger partial charge in [-0.05, 0) is 37.4 Å². The number of thiophene rings is 1. The van der Waals surface area contributed by atoms with Crippen LogP contribution in [-0.2, 0) is 0 Å². The molecule has 124 valence electrons. The van der Waals surface area contributed by atoms with Gasteiger partial charge in [-0.15, -0.1) is 11.3 Å². The summed E-state index contributed by atoms with van der Waals surface area (Å²) in [6.07, 6.45) is 0. The molecule has 0 amide bonds. The van der Waals surface area contributed by atoms with Crippen LogP contribution in [0.4, 0.5) is 0 Å². The second-order valence-electron chi connectivity index (χ2n) is 5.02. The van der Waals surface area contributed by atoms with Gasteiger partial charge in [0.2, 0.25) is 0 Å². The van der Waals surface area contributed by atoms with E-state index in [9.17, 15) is 9.90 Å². The Hall–Kier alpha value is -2.60. The van der Waals surface area contributed by atoms with Crippen molar-refractivity contribution in [3.8, 4) is 22.1 Å². The molecule has 0 aliphatic carbocycles. The van der Waals surface area contributed by atoms with Gasteiger partial charge < -0.3 is 14.6 Å². The van der Waals surface area contributed by atoms with Crippen LogP contribution in [0.25, 0.3) is 21.5 Å². The number of carboxylic acids is 1. The van der Waals surface area contributed by atoms with E-state index in [4.69, 9.17) is 9.47 Å². The van der Waals surface area contributed by atoms with Crippen LogP contribution >= 0.6 is 11.3 Å². The monoisotopic (exact) mass is 343 g/mol. The molecule has 5 nitrogen and oxygen atoms in total. The molecule has 0 aliphatic heterocycles. The third kappa shape index (κ3) is 3.05. The lowest BCUT2D eigenvalue weighted by Crippen LogP contribution is -2.03. The van der Waals surface area contributed by atoms with Crippen LogP contribution < -0.4 is 9.47 Å². The van der Waals surface area contributed by atoms with Crippen molar-refractivity contribution in [1.82, 2.24) is 4.98 Å². The average Bonchev–Trinajstić information content (AvgIpc) is 3.09. The number of carboxylic acid groups (broad SMARTS) is 1. The number of aromatic nitrogens is 1. The lowest BCUT2D eigenvalue weighted by atomic mass is 10.1. The summed E-state index contributed by atoms with van der Waals surface area (Å²) >= 11 is 1.52. The highest BCUT2D eigenvalue weighted by molar-refractivity contribution is 7.13. The summed E-state index contributed by atoms with van der Waals surface area (Å²) in [5.41, 5.74) is 1.42. The molecule has 0 radical (unpaired) electrons. The van der Waals surface area contributed by atoms with E-state index in [2.05, 4.69) is 4.98 Å². The summed E-state index contributed by atoms with van der Waals surface area (Å²) in [6.45, 7) is 4.71. The number of aromatic carboxylic acids is 1. The maximum Gasteiger partial charge on any atom is 0.336 e. The summed E-state index contributed by atoms with van der Waals surface area (Å²) in [7, 11) is 0. The van der Waals surface area contributed by atoms with Crippen molar-refractivity contribution in [3.05, 3.63) is 41.3 Å². The fraction of sp³-hybridized carbons (Fsp3) is 0.222. The van der Waals surface area contributed by atoms with E-state index >= 15 is 0 Å². The molecule has 0 spiro atoms. The summed E-state index contributed by atoms with van der Waals surface area (Å²) in [5.74, 6) is 0.103. The third-order valence-electron chi connectivity index (χ3n) is 3.48. The number of nitrogens with zero attached hydrogens (tertiary/aromatic N) is 1. The molecule has 3 aromatic rings. The lowest BCUT2D eigenvalue weighted by Gasteiger charge is -2.13. The highest BCUT2D eigenvalue weighted by Gasteiger charge is 2.17. The van der Waals surface area contributed by atoms with Gasteiger partial charge in [-0.1, -0.05) is 6.07 Å². The third-order valence-corrected chi connectivity index (χ3v) is 4.37. The molecule has 6 heteroatoms. The molecular formula is C18H17NO4S. The minimum atomic E-state index is -0.994. The Morgan fingerprint density at radius 3 is 2.46 bits per heavy atom. The number of hydrogen-bond donors (Lipinski definition) is 1. The van der Waals surface area contributed by atoms with Crippen LogP contribution in [-0.4, -0.2) is 29.3 Å². The first-order valence-corrected chi connectivity index (χ1v) is 8.53. The van der Waals surface area contributed by atoms with Gasteiger partial charge in [-0.3, -0.25) is 0 Å². The minimum Gasteiger partial charge on any atom is -0.490 e. The van der Waals surface area contributed by atoms with Crippen molar-refractivity contribution in [2.75, 3.05) is 13.2 Å². The van der Waals surface area contributed by atoms with Gasteiger partial charge in [-0.2, -0.15) is 0 Å². The zero-order valence-corrected chi connectivity index (χ0v) is 14.2. The van der Waals surface area contributed by atoms with Crippen LogP contribution in [0.2, 0.25) is 0 Å². The second kappa shape index (κ2) is 6.88. The van der Waals surface area contributed by atoms with Crippen LogP contribution in [0.3, 0.4) is 0 Å². The van der Waals surface area contributed by atoms with Gasteiger partial charge >= 0.3 is 5.97 Å². The Balaban J connectivity index is 2.27. The Morgan fingerprint density at radius 1 is 1.17 bits per heavy atom. The standard InChI is InChI=1S/C18H17NO4S/c1-3-22-15-9-11-12(18(20)21)8-14(17-6-5-7-24-17)19-13(11)10-16(15)23-4-2/h5-10H,3-4H2,1-2H3,(H,20,21). The smallest absolute Gasteiger partial charge is 0.336 e. The Bertz CT molecular complexity index is 874. The van der Waals surface area contributed by atoms with E-state index in [-0.39, 0.29) is 5.56 Å². The van der Waals surface area contributed by atoms with Crippen molar-refractivity contribution < 1.29 is 19.4 Å². The average molecular weight is 343 g/mol. The van der Waals surface area contributed by atoms with Crippen LogP contribution in [0.1, 0.15) is 24.2 Å². The van der Waals surface area contributed by atoms with E-state index in [0.717, 1.165) is 4.88 Å². The van der Waals surface area contributed by atoms with Gasteiger partial charge in [0.1, 0.15) is 0 Å². The number of benzene rings is 1. The molecule has 1 N–H and O–H groups in total. The van der Waals surface area contributed by atoms with Gasteiger partial charge in [-0.25, -0.2) is 9.78 Å². The van der Waals surface area contributed by atoms with Crippen molar-refractivity contribution in [3.63, 3.8) is 0 Å². The predicted octanol–water partition coefficient (Wildman–Crippen LogP) is 4.46. The normalized spacial score (nSPS) is 10.8. The molecule has 3 rings (SSSR count). The zero-order valence-electron chi connectivity index (χ0n) is 13.4. The van der Waals surface area contributed by atoms with Crippen LogP contribution in [0, 0.1) is 0 Å². The van der Waals surface area contributed by atoms with E-state index in [1.807, 2.05) is 31.4 Å². The number of carbonyl (C=O) groups is 1. The molecule has 24 heavy (non-hydrogen) atoms. The van der Waals surface area contributed by atoms with Crippen molar-refractivity contribution in [2.24, 2.45) is 0 Å². The van der Waals surface area contributed by atoms with Crippen molar-refractivity contribution >= 4 is 28.2 Å². The van der Waals surface area contributed by atoms with Crippen molar-refractivity contribution in [1.29, 1.82) is 0 Å². The Labute approximate surface area is 143 Å². The van der Waals surface area contributed by atoms with E-state index in [1.165, 1.54) is 11.3 Å². The topological polar surface area (TPSA) is 68.7 Å². The maximum atomic E-state index is 11.7. The van der Waals surface area contributed by atoms with Crippen LogP contribution in [0.5, 0.6) is 11.5 Å². The van der Waals surface area contributed by atoms with E-state index < -0.39 is 5.97 Å². The molecule has 0 bridgehead atoms.